The van der Waals surface area contributed by atoms with Crippen LogP contribution in [0.25, 0.3) is 0 Å². The van der Waals surface area contributed by atoms with Crippen molar-refractivity contribution in [3.63, 3.8) is 0 Å². The topological polar surface area (TPSA) is 26.3 Å². The van der Waals surface area contributed by atoms with Crippen molar-refractivity contribution in [2.45, 2.75) is 44.6 Å². The van der Waals surface area contributed by atoms with Gasteiger partial charge in [0.1, 0.15) is 5.75 Å². The fraction of sp³-hybridized carbons (Fsp3) is 0.500. The van der Waals surface area contributed by atoms with Gasteiger partial charge < -0.3 is 4.74 Å². The van der Waals surface area contributed by atoms with E-state index in [1.54, 1.807) is 13.8 Å². The highest BCUT2D eigenvalue weighted by Gasteiger charge is 2.20. The van der Waals surface area contributed by atoms with Crippen molar-refractivity contribution in [1.29, 1.82) is 0 Å². The molecule has 0 atom stereocenters. The van der Waals surface area contributed by atoms with Crippen LogP contribution in [0.15, 0.2) is 24.3 Å². The summed E-state index contributed by atoms with van der Waals surface area (Å²) >= 11 is 0. The lowest BCUT2D eigenvalue weighted by Gasteiger charge is -2.26. The molecule has 0 heterocycles. The Morgan fingerprint density at radius 3 is 2.31 bits per heavy atom. The molecule has 0 unspecified atom stereocenters. The SMILES string of the molecule is CC(C)(C=O)Oc1ccc(C2CCC2)cc1. The minimum Gasteiger partial charge on any atom is -0.480 e. The maximum atomic E-state index is 10.7. The molecule has 0 N–H and O–H groups in total. The Morgan fingerprint density at radius 1 is 1.25 bits per heavy atom. The van der Waals surface area contributed by atoms with Crippen molar-refractivity contribution in [1.82, 2.24) is 0 Å². The van der Waals surface area contributed by atoms with Gasteiger partial charge in [-0.25, -0.2) is 0 Å². The largest absolute Gasteiger partial charge is 0.480 e. The van der Waals surface area contributed by atoms with Gasteiger partial charge in [-0.05, 0) is 50.3 Å². The average molecular weight is 218 g/mol. The number of aldehydes is 1. The number of hydrogen-bond donors (Lipinski definition) is 0. The molecule has 0 bridgehead atoms. The Bertz CT molecular complexity index is 361. The van der Waals surface area contributed by atoms with E-state index in [2.05, 4.69) is 12.1 Å². The predicted molar refractivity (Wildman–Crippen MR) is 63.8 cm³/mol. The van der Waals surface area contributed by atoms with Crippen LogP contribution in [-0.2, 0) is 4.79 Å². The Morgan fingerprint density at radius 2 is 1.88 bits per heavy atom. The Balaban J connectivity index is 2.04. The molecule has 0 amide bonds. The lowest BCUT2D eigenvalue weighted by molar-refractivity contribution is -0.118. The van der Waals surface area contributed by atoms with Crippen LogP contribution in [0.4, 0.5) is 0 Å². The second-order valence-corrected chi connectivity index (χ2v) is 5.02. The molecule has 0 saturated heterocycles. The summed E-state index contributed by atoms with van der Waals surface area (Å²) in [5.74, 6) is 1.51. The summed E-state index contributed by atoms with van der Waals surface area (Å²) in [4.78, 5) is 10.7. The molecule has 2 heteroatoms. The van der Waals surface area contributed by atoms with Crippen LogP contribution in [-0.4, -0.2) is 11.9 Å². The number of hydrogen-bond acceptors (Lipinski definition) is 2. The summed E-state index contributed by atoms with van der Waals surface area (Å²) in [5.41, 5.74) is 0.653. The Hall–Kier alpha value is -1.31. The van der Waals surface area contributed by atoms with E-state index in [1.165, 1.54) is 24.8 Å². The first-order valence-electron chi connectivity index (χ1n) is 5.86. The second kappa shape index (κ2) is 4.28. The third-order valence-electron chi connectivity index (χ3n) is 3.12. The summed E-state index contributed by atoms with van der Waals surface area (Å²) in [6, 6.07) is 8.14. The van der Waals surface area contributed by atoms with Gasteiger partial charge in [-0.2, -0.15) is 0 Å². The molecule has 1 aromatic rings. The summed E-state index contributed by atoms with van der Waals surface area (Å²) in [7, 11) is 0. The zero-order chi connectivity index (χ0) is 11.6. The maximum Gasteiger partial charge on any atom is 0.162 e. The van der Waals surface area contributed by atoms with Gasteiger partial charge in [-0.15, -0.1) is 0 Å². The van der Waals surface area contributed by atoms with Crippen molar-refractivity contribution in [3.05, 3.63) is 29.8 Å². The van der Waals surface area contributed by atoms with Gasteiger partial charge in [0, 0.05) is 0 Å². The van der Waals surface area contributed by atoms with Gasteiger partial charge >= 0.3 is 0 Å². The predicted octanol–water partition coefficient (Wildman–Crippen LogP) is 3.31. The van der Waals surface area contributed by atoms with Crippen molar-refractivity contribution in [2.75, 3.05) is 0 Å². The lowest BCUT2D eigenvalue weighted by atomic mass is 9.80. The molecule has 1 aliphatic carbocycles. The molecule has 1 aliphatic rings. The number of rotatable bonds is 4. The quantitative estimate of drug-likeness (QED) is 0.725. The molecule has 16 heavy (non-hydrogen) atoms. The van der Waals surface area contributed by atoms with Crippen LogP contribution in [0.3, 0.4) is 0 Å². The highest BCUT2D eigenvalue weighted by atomic mass is 16.5. The van der Waals surface area contributed by atoms with Crippen LogP contribution < -0.4 is 4.74 Å². The fourth-order valence-corrected chi connectivity index (χ4v) is 1.88. The smallest absolute Gasteiger partial charge is 0.162 e. The molecule has 0 radical (unpaired) electrons. The number of benzene rings is 1. The Labute approximate surface area is 96.6 Å². The van der Waals surface area contributed by atoms with Crippen molar-refractivity contribution in [3.8, 4) is 5.75 Å². The molecule has 2 nitrogen and oxygen atoms in total. The van der Waals surface area contributed by atoms with E-state index in [9.17, 15) is 4.79 Å². The minimum absolute atomic E-state index is 0.738. The number of carbonyl (C=O) groups is 1. The zero-order valence-corrected chi connectivity index (χ0v) is 9.90. The first kappa shape index (κ1) is 11.2. The molecule has 1 aromatic carbocycles. The lowest BCUT2D eigenvalue weighted by Crippen LogP contribution is -2.29. The first-order valence-corrected chi connectivity index (χ1v) is 5.86. The van der Waals surface area contributed by atoms with Gasteiger partial charge in [0.15, 0.2) is 11.9 Å². The van der Waals surface area contributed by atoms with Crippen LogP contribution in [0.5, 0.6) is 5.75 Å². The summed E-state index contributed by atoms with van der Waals surface area (Å²) < 4.78 is 5.57. The highest BCUT2D eigenvalue weighted by Crippen LogP contribution is 2.36. The molecule has 0 aromatic heterocycles. The minimum atomic E-state index is -0.738. The highest BCUT2D eigenvalue weighted by molar-refractivity contribution is 5.61. The van der Waals surface area contributed by atoms with Crippen LogP contribution in [0, 0.1) is 0 Å². The van der Waals surface area contributed by atoms with E-state index < -0.39 is 5.60 Å². The summed E-state index contributed by atoms with van der Waals surface area (Å²) in [6.07, 6.45) is 4.79. The third kappa shape index (κ3) is 2.43. The van der Waals surface area contributed by atoms with E-state index in [0.29, 0.717) is 0 Å². The molecule has 1 fully saturated rings. The van der Waals surface area contributed by atoms with Crippen LogP contribution in [0.1, 0.15) is 44.6 Å². The van der Waals surface area contributed by atoms with Crippen molar-refractivity contribution < 1.29 is 9.53 Å². The molecule has 0 aliphatic heterocycles. The summed E-state index contributed by atoms with van der Waals surface area (Å²) in [6.45, 7) is 3.53. The van der Waals surface area contributed by atoms with Gasteiger partial charge in [0.2, 0.25) is 0 Å². The normalized spacial score (nSPS) is 16.6. The molecular formula is C14H18O2. The van der Waals surface area contributed by atoms with E-state index in [0.717, 1.165) is 18.0 Å². The maximum absolute atomic E-state index is 10.7. The zero-order valence-electron chi connectivity index (χ0n) is 9.90. The van der Waals surface area contributed by atoms with Gasteiger partial charge in [-0.1, -0.05) is 18.6 Å². The van der Waals surface area contributed by atoms with Crippen molar-refractivity contribution in [2.24, 2.45) is 0 Å². The van der Waals surface area contributed by atoms with Crippen molar-refractivity contribution >= 4 is 6.29 Å². The number of ether oxygens (including phenoxy) is 1. The second-order valence-electron chi connectivity index (χ2n) is 5.02. The summed E-state index contributed by atoms with van der Waals surface area (Å²) in [5, 5.41) is 0. The van der Waals surface area contributed by atoms with E-state index >= 15 is 0 Å². The molecule has 86 valence electrons. The van der Waals surface area contributed by atoms with E-state index in [1.807, 2.05) is 12.1 Å². The van der Waals surface area contributed by atoms with E-state index in [4.69, 9.17) is 4.74 Å². The standard InChI is InChI=1S/C14H18O2/c1-14(2,10-15)16-13-8-6-12(7-9-13)11-4-3-5-11/h6-11H,3-5H2,1-2H3. The van der Waals surface area contributed by atoms with Crippen LogP contribution >= 0.6 is 0 Å². The van der Waals surface area contributed by atoms with E-state index in [-0.39, 0.29) is 0 Å². The molecular weight excluding hydrogens is 200 g/mol. The average Bonchev–Trinajstić information content (AvgIpc) is 2.18. The fourth-order valence-electron chi connectivity index (χ4n) is 1.88. The Kier molecular flexibility index (Phi) is 2.99. The molecule has 0 spiro atoms. The number of carbonyl (C=O) groups excluding carboxylic acids is 1. The molecule has 1 saturated carbocycles. The van der Waals surface area contributed by atoms with Gasteiger partial charge in [-0.3, -0.25) is 4.79 Å². The molecule has 2 rings (SSSR count). The third-order valence-corrected chi connectivity index (χ3v) is 3.12. The first-order chi connectivity index (χ1) is 7.61. The van der Waals surface area contributed by atoms with Gasteiger partial charge in [0.25, 0.3) is 0 Å². The van der Waals surface area contributed by atoms with Crippen LogP contribution in [0.2, 0.25) is 0 Å². The van der Waals surface area contributed by atoms with Gasteiger partial charge in [0.05, 0.1) is 0 Å². The monoisotopic (exact) mass is 218 g/mol.